The molecule has 0 aromatic heterocycles. The first kappa shape index (κ1) is 17.1. The predicted molar refractivity (Wildman–Crippen MR) is 100.0 cm³/mol. The average Bonchev–Trinajstić information content (AvgIpc) is 2.51. The maximum absolute atomic E-state index is 9.33. The molecule has 2 rings (SSSR count). The minimum atomic E-state index is -0.0304. The van der Waals surface area contributed by atoms with Gasteiger partial charge in [-0.05, 0) is 60.2 Å². The SMILES string of the molecule is C=CC(C)(C)c1cc(/C=C/Cc2ccc(O)cc2)c(C)cc1C. The summed E-state index contributed by atoms with van der Waals surface area (Å²) < 4.78 is 0. The monoisotopic (exact) mass is 306 g/mol. The van der Waals surface area contributed by atoms with Crippen molar-refractivity contribution in [2.24, 2.45) is 0 Å². The van der Waals surface area contributed by atoms with Crippen LogP contribution in [0.3, 0.4) is 0 Å². The highest BCUT2D eigenvalue weighted by Gasteiger charge is 2.19. The first-order valence-corrected chi connectivity index (χ1v) is 8.03. The van der Waals surface area contributed by atoms with Crippen LogP contribution in [0.5, 0.6) is 5.75 Å². The second kappa shape index (κ2) is 6.87. The molecule has 23 heavy (non-hydrogen) atoms. The zero-order valence-corrected chi connectivity index (χ0v) is 14.6. The first-order chi connectivity index (χ1) is 10.8. The molecule has 1 heteroatoms. The van der Waals surface area contributed by atoms with E-state index in [1.807, 2.05) is 18.2 Å². The molecule has 1 nitrogen and oxygen atoms in total. The lowest BCUT2D eigenvalue weighted by molar-refractivity contribution is 0.475. The number of phenols is 1. The van der Waals surface area contributed by atoms with E-state index in [4.69, 9.17) is 0 Å². The van der Waals surface area contributed by atoms with Gasteiger partial charge in [0.15, 0.2) is 0 Å². The molecule has 0 aliphatic carbocycles. The Morgan fingerprint density at radius 2 is 1.70 bits per heavy atom. The van der Waals surface area contributed by atoms with Gasteiger partial charge >= 0.3 is 0 Å². The smallest absolute Gasteiger partial charge is 0.115 e. The molecular formula is C22H26O. The number of hydrogen-bond donors (Lipinski definition) is 1. The Bertz CT molecular complexity index is 718. The van der Waals surface area contributed by atoms with Gasteiger partial charge in [0.25, 0.3) is 0 Å². The molecule has 0 amide bonds. The van der Waals surface area contributed by atoms with E-state index in [0.717, 1.165) is 6.42 Å². The topological polar surface area (TPSA) is 20.2 Å². The third kappa shape index (κ3) is 4.13. The first-order valence-electron chi connectivity index (χ1n) is 8.03. The van der Waals surface area contributed by atoms with E-state index in [0.29, 0.717) is 5.75 Å². The Kier molecular flexibility index (Phi) is 5.10. The van der Waals surface area contributed by atoms with E-state index in [2.05, 4.69) is 58.6 Å². The summed E-state index contributed by atoms with van der Waals surface area (Å²) in [6, 6.07) is 11.9. The van der Waals surface area contributed by atoms with E-state index in [-0.39, 0.29) is 5.41 Å². The fourth-order valence-corrected chi connectivity index (χ4v) is 2.81. The van der Waals surface area contributed by atoms with Gasteiger partial charge in [-0.15, -0.1) is 6.58 Å². The standard InChI is InChI=1S/C22H26O/c1-6-22(4,5)21-15-19(16(2)14-17(21)3)9-7-8-18-10-12-20(23)13-11-18/h6-7,9-15,23H,1,8H2,2-5H3/b9-7+. The predicted octanol–water partition coefficient (Wildman–Crippen LogP) is 5.73. The molecule has 0 spiro atoms. The normalized spacial score (nSPS) is 11.8. The maximum Gasteiger partial charge on any atom is 0.115 e. The van der Waals surface area contributed by atoms with E-state index in [9.17, 15) is 5.11 Å². The van der Waals surface area contributed by atoms with Crippen molar-refractivity contribution >= 4 is 6.08 Å². The molecule has 0 aliphatic rings. The van der Waals surface area contributed by atoms with E-state index in [1.54, 1.807) is 12.1 Å². The molecule has 1 N–H and O–H groups in total. The summed E-state index contributed by atoms with van der Waals surface area (Å²) in [5, 5.41) is 9.33. The minimum Gasteiger partial charge on any atom is -0.508 e. The lowest BCUT2D eigenvalue weighted by Gasteiger charge is -2.24. The molecule has 0 atom stereocenters. The van der Waals surface area contributed by atoms with Crippen LogP contribution < -0.4 is 0 Å². The number of aromatic hydroxyl groups is 1. The molecule has 120 valence electrons. The van der Waals surface area contributed by atoms with Crippen molar-refractivity contribution in [2.75, 3.05) is 0 Å². The van der Waals surface area contributed by atoms with E-state index >= 15 is 0 Å². The molecule has 0 radical (unpaired) electrons. The second-order valence-electron chi connectivity index (χ2n) is 6.72. The van der Waals surface area contributed by atoms with Crippen molar-refractivity contribution in [3.8, 4) is 5.75 Å². The highest BCUT2D eigenvalue weighted by Crippen LogP contribution is 2.30. The van der Waals surface area contributed by atoms with Crippen molar-refractivity contribution < 1.29 is 5.11 Å². The quantitative estimate of drug-likeness (QED) is 0.699. The van der Waals surface area contributed by atoms with Crippen LogP contribution in [-0.2, 0) is 11.8 Å². The van der Waals surface area contributed by atoms with Crippen molar-refractivity contribution in [1.82, 2.24) is 0 Å². The van der Waals surface area contributed by atoms with Crippen molar-refractivity contribution in [3.63, 3.8) is 0 Å². The second-order valence-corrected chi connectivity index (χ2v) is 6.72. The van der Waals surface area contributed by atoms with Crippen LogP contribution >= 0.6 is 0 Å². The third-order valence-corrected chi connectivity index (χ3v) is 4.40. The lowest BCUT2D eigenvalue weighted by Crippen LogP contribution is -2.15. The molecule has 2 aromatic rings. The number of aryl methyl sites for hydroxylation is 2. The van der Waals surface area contributed by atoms with Gasteiger partial charge in [0.05, 0.1) is 0 Å². The Morgan fingerprint density at radius 1 is 1.04 bits per heavy atom. The Hall–Kier alpha value is -2.28. The Morgan fingerprint density at radius 3 is 2.30 bits per heavy atom. The minimum absolute atomic E-state index is 0.0304. The van der Waals surface area contributed by atoms with Gasteiger partial charge < -0.3 is 5.11 Å². The average molecular weight is 306 g/mol. The fraction of sp³-hybridized carbons (Fsp3) is 0.273. The fourth-order valence-electron chi connectivity index (χ4n) is 2.81. The van der Waals surface area contributed by atoms with Crippen LogP contribution in [0, 0.1) is 13.8 Å². The van der Waals surface area contributed by atoms with Gasteiger partial charge in [-0.3, -0.25) is 0 Å². The van der Waals surface area contributed by atoms with Gasteiger partial charge in [0.1, 0.15) is 5.75 Å². The number of hydrogen-bond acceptors (Lipinski definition) is 1. The summed E-state index contributed by atoms with van der Waals surface area (Å²) in [6.45, 7) is 12.7. The zero-order valence-electron chi connectivity index (χ0n) is 14.6. The van der Waals surface area contributed by atoms with Crippen LogP contribution in [0.4, 0.5) is 0 Å². The molecule has 0 fully saturated rings. The highest BCUT2D eigenvalue weighted by molar-refractivity contribution is 5.58. The molecule has 0 bridgehead atoms. The van der Waals surface area contributed by atoms with E-state index < -0.39 is 0 Å². The molecule has 0 saturated carbocycles. The number of benzene rings is 2. The summed E-state index contributed by atoms with van der Waals surface area (Å²) in [4.78, 5) is 0. The van der Waals surface area contributed by atoms with Gasteiger partial charge in [-0.25, -0.2) is 0 Å². The Balaban J connectivity index is 2.25. The van der Waals surface area contributed by atoms with E-state index in [1.165, 1.54) is 27.8 Å². The largest absolute Gasteiger partial charge is 0.508 e. The van der Waals surface area contributed by atoms with Gasteiger partial charge in [0, 0.05) is 5.41 Å². The Labute approximate surface area is 140 Å². The molecule has 0 heterocycles. The van der Waals surface area contributed by atoms with Crippen LogP contribution in [0.2, 0.25) is 0 Å². The summed E-state index contributed by atoms with van der Waals surface area (Å²) in [6.07, 6.45) is 7.22. The third-order valence-electron chi connectivity index (χ3n) is 4.40. The van der Waals surface area contributed by atoms with Crippen molar-refractivity contribution in [2.45, 2.75) is 39.5 Å². The highest BCUT2D eigenvalue weighted by atomic mass is 16.3. The number of allylic oxidation sites excluding steroid dienone is 2. The molecule has 2 aromatic carbocycles. The summed E-state index contributed by atoms with van der Waals surface area (Å²) in [5.74, 6) is 0.309. The molecule has 0 aliphatic heterocycles. The number of phenolic OH excluding ortho intramolecular Hbond substituents is 1. The van der Waals surface area contributed by atoms with Crippen molar-refractivity contribution in [3.05, 3.63) is 82.9 Å². The van der Waals surface area contributed by atoms with Crippen LogP contribution in [0.25, 0.3) is 6.08 Å². The molecular weight excluding hydrogens is 280 g/mol. The zero-order chi connectivity index (χ0) is 17.0. The van der Waals surface area contributed by atoms with Gasteiger partial charge in [-0.2, -0.15) is 0 Å². The van der Waals surface area contributed by atoms with Gasteiger partial charge in [-0.1, -0.05) is 56.3 Å². The lowest BCUT2D eigenvalue weighted by atomic mass is 9.80. The summed E-state index contributed by atoms with van der Waals surface area (Å²) in [5.41, 5.74) is 6.32. The summed E-state index contributed by atoms with van der Waals surface area (Å²) >= 11 is 0. The van der Waals surface area contributed by atoms with Gasteiger partial charge in [0.2, 0.25) is 0 Å². The molecule has 0 unspecified atom stereocenters. The molecule has 0 saturated heterocycles. The maximum atomic E-state index is 9.33. The van der Waals surface area contributed by atoms with Crippen LogP contribution in [0.1, 0.15) is 41.7 Å². The van der Waals surface area contributed by atoms with Crippen molar-refractivity contribution in [1.29, 1.82) is 0 Å². The van der Waals surface area contributed by atoms with Crippen LogP contribution in [0.15, 0.2) is 55.1 Å². The number of rotatable bonds is 5. The summed E-state index contributed by atoms with van der Waals surface area (Å²) in [7, 11) is 0. The van der Waals surface area contributed by atoms with Crippen LogP contribution in [-0.4, -0.2) is 5.11 Å².